The number of ether oxygens (including phenoxy) is 2. The molecule has 0 atom stereocenters. The monoisotopic (exact) mass is 292 g/mol. The van der Waals surface area contributed by atoms with E-state index in [0.717, 1.165) is 18.4 Å². The lowest BCUT2D eigenvalue weighted by molar-refractivity contribution is -0.121. The van der Waals surface area contributed by atoms with Crippen LogP contribution in [0.5, 0.6) is 11.5 Å². The van der Waals surface area contributed by atoms with Gasteiger partial charge in [-0.2, -0.15) is 5.10 Å². The number of nitrogens with zero attached hydrogens (tertiary/aromatic N) is 1. The third-order valence-electron chi connectivity index (χ3n) is 2.73. The molecule has 0 aliphatic rings. The van der Waals surface area contributed by atoms with Crippen molar-refractivity contribution in [3.05, 3.63) is 23.8 Å². The van der Waals surface area contributed by atoms with Gasteiger partial charge in [0, 0.05) is 6.42 Å². The maximum Gasteiger partial charge on any atom is 0.240 e. The average Bonchev–Trinajstić information content (AvgIpc) is 2.48. The first-order chi connectivity index (χ1) is 10.2. The van der Waals surface area contributed by atoms with Gasteiger partial charge >= 0.3 is 0 Å². The van der Waals surface area contributed by atoms with E-state index in [1.807, 2.05) is 39.0 Å². The van der Waals surface area contributed by atoms with Crippen LogP contribution in [-0.4, -0.2) is 25.3 Å². The molecule has 1 N–H and O–H groups in total. The largest absolute Gasteiger partial charge is 0.490 e. The highest BCUT2D eigenvalue weighted by Crippen LogP contribution is 2.27. The first-order valence-corrected chi connectivity index (χ1v) is 7.42. The van der Waals surface area contributed by atoms with Gasteiger partial charge in [0.2, 0.25) is 5.91 Å². The fourth-order valence-electron chi connectivity index (χ4n) is 1.72. The second-order valence-electron chi connectivity index (χ2n) is 4.47. The Morgan fingerprint density at radius 2 is 1.90 bits per heavy atom. The highest BCUT2D eigenvalue weighted by atomic mass is 16.5. The van der Waals surface area contributed by atoms with Gasteiger partial charge in [0.15, 0.2) is 11.5 Å². The van der Waals surface area contributed by atoms with Gasteiger partial charge in [0.25, 0.3) is 0 Å². The van der Waals surface area contributed by atoms with Gasteiger partial charge in [-0.15, -0.1) is 0 Å². The number of hydrogen-bond donors (Lipinski definition) is 1. The molecule has 116 valence electrons. The Morgan fingerprint density at radius 3 is 2.57 bits per heavy atom. The van der Waals surface area contributed by atoms with Crippen LogP contribution >= 0.6 is 0 Å². The molecule has 5 nitrogen and oxygen atoms in total. The Kier molecular flexibility index (Phi) is 7.94. The number of nitrogens with one attached hydrogen (secondary N) is 1. The number of benzene rings is 1. The molecular formula is C16H24N2O3. The molecule has 0 saturated heterocycles. The number of hydrogen-bond acceptors (Lipinski definition) is 4. The van der Waals surface area contributed by atoms with Crippen molar-refractivity contribution in [1.82, 2.24) is 5.43 Å². The molecule has 0 aliphatic carbocycles. The Labute approximate surface area is 126 Å². The molecule has 0 spiro atoms. The molecule has 0 heterocycles. The van der Waals surface area contributed by atoms with Crippen molar-refractivity contribution in [2.45, 2.75) is 40.0 Å². The van der Waals surface area contributed by atoms with Crippen LogP contribution in [-0.2, 0) is 4.79 Å². The summed E-state index contributed by atoms with van der Waals surface area (Å²) in [6, 6.07) is 5.56. The fraction of sp³-hybridized carbons (Fsp3) is 0.500. The molecule has 21 heavy (non-hydrogen) atoms. The van der Waals surface area contributed by atoms with Gasteiger partial charge in [-0.1, -0.05) is 13.3 Å². The smallest absolute Gasteiger partial charge is 0.240 e. The fourth-order valence-corrected chi connectivity index (χ4v) is 1.72. The number of carbonyl (C=O) groups is 1. The molecule has 0 radical (unpaired) electrons. The molecule has 0 fully saturated rings. The molecule has 1 amide bonds. The van der Waals surface area contributed by atoms with Crippen LogP contribution in [0.4, 0.5) is 0 Å². The Balaban J connectivity index is 2.66. The third-order valence-corrected chi connectivity index (χ3v) is 2.73. The first-order valence-electron chi connectivity index (χ1n) is 7.42. The van der Waals surface area contributed by atoms with Crippen molar-refractivity contribution >= 4 is 12.1 Å². The second-order valence-corrected chi connectivity index (χ2v) is 4.47. The zero-order valence-electron chi connectivity index (χ0n) is 13.0. The topological polar surface area (TPSA) is 59.9 Å². The SMILES string of the molecule is CCCCC(=O)N/N=C/c1ccc(OCC)c(OCC)c1. The maximum absolute atomic E-state index is 11.4. The van der Waals surface area contributed by atoms with E-state index in [1.54, 1.807) is 6.21 Å². The van der Waals surface area contributed by atoms with Crippen molar-refractivity contribution in [3.8, 4) is 11.5 Å². The standard InChI is InChI=1S/C16H24N2O3/c1-4-7-8-16(19)18-17-12-13-9-10-14(20-5-2)15(11-13)21-6-3/h9-12H,4-8H2,1-3H3,(H,18,19)/b17-12+. The average molecular weight is 292 g/mol. The van der Waals surface area contributed by atoms with Crippen molar-refractivity contribution in [3.63, 3.8) is 0 Å². The van der Waals surface area contributed by atoms with Crippen molar-refractivity contribution in [1.29, 1.82) is 0 Å². The number of carbonyl (C=O) groups excluding carboxylic acids is 1. The van der Waals surface area contributed by atoms with Gasteiger partial charge < -0.3 is 9.47 Å². The lowest BCUT2D eigenvalue weighted by atomic mass is 10.2. The second kappa shape index (κ2) is 9.80. The minimum atomic E-state index is -0.0657. The Hall–Kier alpha value is -2.04. The molecule has 0 aromatic heterocycles. The van der Waals surface area contributed by atoms with Crippen LogP contribution in [0.2, 0.25) is 0 Å². The minimum absolute atomic E-state index is 0.0657. The number of hydrazone groups is 1. The normalized spacial score (nSPS) is 10.6. The van der Waals surface area contributed by atoms with E-state index in [1.165, 1.54) is 0 Å². The summed E-state index contributed by atoms with van der Waals surface area (Å²) in [6.45, 7) is 7.04. The van der Waals surface area contributed by atoms with E-state index >= 15 is 0 Å². The van der Waals surface area contributed by atoms with Crippen LogP contribution in [0.1, 0.15) is 45.6 Å². The molecular weight excluding hydrogens is 268 g/mol. The third kappa shape index (κ3) is 6.29. The number of amides is 1. The summed E-state index contributed by atoms with van der Waals surface area (Å²) in [6.07, 6.45) is 3.97. The number of unbranched alkanes of at least 4 members (excludes halogenated alkanes) is 1. The predicted octanol–water partition coefficient (Wildman–Crippen LogP) is 3.12. The van der Waals surface area contributed by atoms with Gasteiger partial charge in [0.1, 0.15) is 0 Å². The molecule has 1 aromatic carbocycles. The predicted molar refractivity (Wildman–Crippen MR) is 84.0 cm³/mol. The van der Waals surface area contributed by atoms with Crippen LogP contribution in [0.15, 0.2) is 23.3 Å². The summed E-state index contributed by atoms with van der Waals surface area (Å²) in [5, 5.41) is 3.95. The molecule has 1 aromatic rings. The van der Waals surface area contributed by atoms with Crippen molar-refractivity contribution in [2.75, 3.05) is 13.2 Å². The van der Waals surface area contributed by atoms with Crippen LogP contribution in [0.3, 0.4) is 0 Å². The van der Waals surface area contributed by atoms with Crippen molar-refractivity contribution in [2.24, 2.45) is 5.10 Å². The molecule has 0 aliphatic heterocycles. The summed E-state index contributed by atoms with van der Waals surface area (Å²) >= 11 is 0. The van der Waals surface area contributed by atoms with E-state index in [9.17, 15) is 4.79 Å². The molecule has 0 saturated carbocycles. The highest BCUT2D eigenvalue weighted by molar-refractivity contribution is 5.83. The summed E-state index contributed by atoms with van der Waals surface area (Å²) in [5.41, 5.74) is 3.36. The molecule has 0 unspecified atom stereocenters. The first kappa shape index (κ1) is 17.0. The lowest BCUT2D eigenvalue weighted by Crippen LogP contribution is -2.16. The van der Waals surface area contributed by atoms with Gasteiger partial charge in [0.05, 0.1) is 19.4 Å². The van der Waals surface area contributed by atoms with Crippen molar-refractivity contribution < 1.29 is 14.3 Å². The Bertz CT molecular complexity index is 473. The summed E-state index contributed by atoms with van der Waals surface area (Å²) in [7, 11) is 0. The lowest BCUT2D eigenvalue weighted by Gasteiger charge is -2.11. The zero-order chi connectivity index (χ0) is 15.5. The van der Waals surface area contributed by atoms with Gasteiger partial charge in [-0.25, -0.2) is 5.43 Å². The van der Waals surface area contributed by atoms with E-state index in [2.05, 4.69) is 10.5 Å². The maximum atomic E-state index is 11.4. The summed E-state index contributed by atoms with van der Waals surface area (Å²) in [5.74, 6) is 1.33. The van der Waals surface area contributed by atoms with Gasteiger partial charge in [-0.3, -0.25) is 4.79 Å². The zero-order valence-corrected chi connectivity index (χ0v) is 13.0. The summed E-state index contributed by atoms with van der Waals surface area (Å²) in [4.78, 5) is 11.4. The van der Waals surface area contributed by atoms with E-state index < -0.39 is 0 Å². The molecule has 0 bridgehead atoms. The quantitative estimate of drug-likeness (QED) is 0.562. The highest BCUT2D eigenvalue weighted by Gasteiger charge is 2.05. The molecule has 5 heteroatoms. The van der Waals surface area contributed by atoms with Crippen LogP contribution in [0, 0.1) is 0 Å². The van der Waals surface area contributed by atoms with Gasteiger partial charge in [-0.05, 0) is 44.0 Å². The minimum Gasteiger partial charge on any atom is -0.490 e. The summed E-state index contributed by atoms with van der Waals surface area (Å²) < 4.78 is 11.0. The van der Waals surface area contributed by atoms with E-state index in [-0.39, 0.29) is 5.91 Å². The van der Waals surface area contributed by atoms with E-state index in [0.29, 0.717) is 31.1 Å². The van der Waals surface area contributed by atoms with Crippen LogP contribution in [0.25, 0.3) is 0 Å². The van der Waals surface area contributed by atoms with Crippen LogP contribution < -0.4 is 14.9 Å². The Morgan fingerprint density at radius 1 is 1.19 bits per heavy atom. The molecule has 1 rings (SSSR count). The number of rotatable bonds is 9. The van der Waals surface area contributed by atoms with E-state index in [4.69, 9.17) is 9.47 Å².